The fraction of sp³-hybridized carbons (Fsp3) is 0.214. The summed E-state index contributed by atoms with van der Waals surface area (Å²) in [6.45, 7) is 1.15. The van der Waals surface area contributed by atoms with Crippen molar-refractivity contribution in [3.8, 4) is 11.4 Å². The molecule has 0 atom stereocenters. The first-order valence-electron chi connectivity index (χ1n) is 6.24. The van der Waals surface area contributed by atoms with Gasteiger partial charge in [0.1, 0.15) is 0 Å². The van der Waals surface area contributed by atoms with Crippen LogP contribution >= 0.6 is 23.2 Å². The summed E-state index contributed by atoms with van der Waals surface area (Å²) in [7, 11) is 1.33. The molecule has 21 heavy (non-hydrogen) atoms. The second-order valence-electron chi connectivity index (χ2n) is 4.55. The number of fused-ring (bicyclic) bond motifs is 1. The number of nitrogens with zero attached hydrogens (tertiary/aromatic N) is 2. The lowest BCUT2D eigenvalue weighted by Crippen LogP contribution is -2.11. The van der Waals surface area contributed by atoms with Crippen LogP contribution < -0.4 is 5.32 Å². The summed E-state index contributed by atoms with van der Waals surface area (Å²) >= 11 is 11.9. The molecule has 1 aromatic heterocycles. The number of carbonyl (C=O) groups is 1. The predicted molar refractivity (Wildman–Crippen MR) is 79.4 cm³/mol. The Morgan fingerprint density at radius 2 is 2.05 bits per heavy atom. The molecule has 3 rings (SSSR count). The maximum atomic E-state index is 11.9. The molecular formula is C14H11Cl2N3O2. The predicted octanol–water partition coefficient (Wildman–Crippen LogP) is 2.84. The summed E-state index contributed by atoms with van der Waals surface area (Å²) in [6.07, 6.45) is 0. The summed E-state index contributed by atoms with van der Waals surface area (Å²) in [6, 6.07) is 5.11. The zero-order valence-corrected chi connectivity index (χ0v) is 12.6. The average Bonchev–Trinajstić information content (AvgIpc) is 2.96. The van der Waals surface area contributed by atoms with Crippen LogP contribution in [0.25, 0.3) is 11.4 Å². The van der Waals surface area contributed by atoms with Gasteiger partial charge in [0.25, 0.3) is 0 Å². The number of esters is 1. The van der Waals surface area contributed by atoms with Crippen LogP contribution in [-0.2, 0) is 17.8 Å². The largest absolute Gasteiger partial charge is 0.464 e. The minimum Gasteiger partial charge on any atom is -0.464 e. The summed E-state index contributed by atoms with van der Waals surface area (Å²) in [5.74, 6) is -0.0462. The van der Waals surface area contributed by atoms with Gasteiger partial charge in [0.15, 0.2) is 11.5 Å². The third-order valence-electron chi connectivity index (χ3n) is 3.24. The van der Waals surface area contributed by atoms with Crippen molar-refractivity contribution >= 4 is 29.2 Å². The van der Waals surface area contributed by atoms with Gasteiger partial charge in [0, 0.05) is 24.2 Å². The molecule has 0 saturated carbocycles. The lowest BCUT2D eigenvalue weighted by atomic mass is 10.1. The lowest BCUT2D eigenvalue weighted by molar-refractivity contribution is 0.0592. The Labute approximate surface area is 131 Å². The third kappa shape index (κ3) is 2.60. The third-order valence-corrected chi connectivity index (χ3v) is 3.98. The zero-order chi connectivity index (χ0) is 15.0. The van der Waals surface area contributed by atoms with Crippen molar-refractivity contribution in [1.82, 2.24) is 15.3 Å². The van der Waals surface area contributed by atoms with E-state index in [0.717, 1.165) is 11.3 Å². The van der Waals surface area contributed by atoms with Crippen LogP contribution in [0.3, 0.4) is 0 Å². The van der Waals surface area contributed by atoms with E-state index >= 15 is 0 Å². The first-order valence-corrected chi connectivity index (χ1v) is 7.00. The van der Waals surface area contributed by atoms with E-state index in [4.69, 9.17) is 27.9 Å². The van der Waals surface area contributed by atoms with Gasteiger partial charge in [-0.3, -0.25) is 0 Å². The molecule has 5 nitrogen and oxygen atoms in total. The van der Waals surface area contributed by atoms with E-state index in [1.54, 1.807) is 18.2 Å². The number of nitrogens with one attached hydrogen (secondary N) is 1. The highest BCUT2D eigenvalue weighted by Gasteiger charge is 2.24. The van der Waals surface area contributed by atoms with Crippen LogP contribution in [0.15, 0.2) is 18.2 Å². The molecule has 0 amide bonds. The second kappa shape index (κ2) is 5.60. The Bertz CT molecular complexity index is 734. The molecule has 0 saturated heterocycles. The van der Waals surface area contributed by atoms with Crippen molar-refractivity contribution in [1.29, 1.82) is 0 Å². The second-order valence-corrected chi connectivity index (χ2v) is 5.36. The Kier molecular flexibility index (Phi) is 3.80. The van der Waals surface area contributed by atoms with E-state index < -0.39 is 5.97 Å². The van der Waals surface area contributed by atoms with Crippen LogP contribution in [0.1, 0.15) is 21.7 Å². The Morgan fingerprint density at radius 1 is 1.24 bits per heavy atom. The van der Waals surface area contributed by atoms with Gasteiger partial charge in [0.05, 0.1) is 22.8 Å². The van der Waals surface area contributed by atoms with Gasteiger partial charge in [-0.25, -0.2) is 14.8 Å². The fourth-order valence-corrected chi connectivity index (χ4v) is 2.50. The van der Waals surface area contributed by atoms with Crippen molar-refractivity contribution in [2.24, 2.45) is 0 Å². The maximum Gasteiger partial charge on any atom is 0.357 e. The molecule has 0 spiro atoms. The highest BCUT2D eigenvalue weighted by atomic mass is 35.5. The summed E-state index contributed by atoms with van der Waals surface area (Å²) in [5, 5.41) is 4.02. The van der Waals surface area contributed by atoms with Gasteiger partial charge in [-0.05, 0) is 18.2 Å². The molecular weight excluding hydrogens is 313 g/mol. The van der Waals surface area contributed by atoms with E-state index in [2.05, 4.69) is 15.3 Å². The van der Waals surface area contributed by atoms with E-state index in [-0.39, 0.29) is 5.69 Å². The molecule has 0 fully saturated rings. The van der Waals surface area contributed by atoms with Crippen LogP contribution in [-0.4, -0.2) is 23.0 Å². The molecule has 0 aliphatic carbocycles. The zero-order valence-electron chi connectivity index (χ0n) is 11.1. The summed E-state index contributed by atoms with van der Waals surface area (Å²) in [4.78, 5) is 20.7. The Morgan fingerprint density at radius 3 is 2.76 bits per heavy atom. The molecule has 0 radical (unpaired) electrons. The van der Waals surface area contributed by atoms with E-state index in [1.165, 1.54) is 7.11 Å². The quantitative estimate of drug-likeness (QED) is 0.861. The van der Waals surface area contributed by atoms with Crippen molar-refractivity contribution in [2.45, 2.75) is 13.1 Å². The first kappa shape index (κ1) is 14.3. The highest BCUT2D eigenvalue weighted by molar-refractivity contribution is 6.42. The van der Waals surface area contributed by atoms with Gasteiger partial charge in [-0.1, -0.05) is 23.2 Å². The molecule has 2 heterocycles. The van der Waals surface area contributed by atoms with Gasteiger partial charge in [0.2, 0.25) is 0 Å². The topological polar surface area (TPSA) is 64.1 Å². The molecule has 1 aliphatic rings. The fourth-order valence-electron chi connectivity index (χ4n) is 2.20. The standard InChI is InChI=1S/C14H11Cl2N3O2/c1-21-14(20)12-8-5-17-6-11(8)18-13(19-12)7-2-3-9(15)10(16)4-7/h2-4,17H,5-6H2,1H3. The summed E-state index contributed by atoms with van der Waals surface area (Å²) < 4.78 is 4.79. The van der Waals surface area contributed by atoms with Gasteiger partial charge in [-0.15, -0.1) is 0 Å². The number of carbonyl (C=O) groups excluding carboxylic acids is 1. The van der Waals surface area contributed by atoms with Crippen LogP contribution in [0.2, 0.25) is 10.0 Å². The maximum absolute atomic E-state index is 11.9. The van der Waals surface area contributed by atoms with Gasteiger partial charge >= 0.3 is 5.97 Å². The molecule has 2 aromatic rings. The number of hydrogen-bond acceptors (Lipinski definition) is 5. The first-order chi connectivity index (χ1) is 10.1. The van der Waals surface area contributed by atoms with E-state index in [1.807, 2.05) is 0 Å². The monoisotopic (exact) mass is 323 g/mol. The van der Waals surface area contributed by atoms with Crippen molar-refractivity contribution in [2.75, 3.05) is 7.11 Å². The molecule has 1 N–H and O–H groups in total. The molecule has 1 aliphatic heterocycles. The van der Waals surface area contributed by atoms with E-state index in [0.29, 0.717) is 34.5 Å². The van der Waals surface area contributed by atoms with Gasteiger partial charge < -0.3 is 10.1 Å². The normalized spacial score (nSPS) is 13.1. The Hall–Kier alpha value is -1.69. The smallest absolute Gasteiger partial charge is 0.357 e. The molecule has 108 valence electrons. The molecule has 0 bridgehead atoms. The van der Waals surface area contributed by atoms with Crippen molar-refractivity contribution < 1.29 is 9.53 Å². The SMILES string of the molecule is COC(=O)c1nc(-c2ccc(Cl)c(Cl)c2)nc2c1CNC2. The van der Waals surface area contributed by atoms with Crippen molar-refractivity contribution in [3.63, 3.8) is 0 Å². The molecule has 1 aromatic carbocycles. The van der Waals surface area contributed by atoms with Crippen LogP contribution in [0, 0.1) is 0 Å². The average molecular weight is 324 g/mol. The molecule has 7 heteroatoms. The van der Waals surface area contributed by atoms with Crippen molar-refractivity contribution in [3.05, 3.63) is 45.2 Å². The summed E-state index contributed by atoms with van der Waals surface area (Å²) in [5.41, 5.74) is 2.56. The minimum absolute atomic E-state index is 0.286. The number of aromatic nitrogens is 2. The van der Waals surface area contributed by atoms with Crippen LogP contribution in [0.5, 0.6) is 0 Å². The lowest BCUT2D eigenvalue weighted by Gasteiger charge is -2.08. The number of ether oxygens (including phenoxy) is 1. The number of benzene rings is 1. The number of methoxy groups -OCH3 is 1. The molecule has 0 unspecified atom stereocenters. The highest BCUT2D eigenvalue weighted by Crippen LogP contribution is 2.28. The number of halogens is 2. The van der Waals surface area contributed by atoms with E-state index in [9.17, 15) is 4.79 Å². The Balaban J connectivity index is 2.15. The van der Waals surface area contributed by atoms with Gasteiger partial charge in [-0.2, -0.15) is 0 Å². The number of rotatable bonds is 2. The minimum atomic E-state index is -0.473. The number of hydrogen-bond donors (Lipinski definition) is 1. The van der Waals surface area contributed by atoms with Crippen LogP contribution in [0.4, 0.5) is 0 Å².